The molecule has 1 saturated heterocycles. The van der Waals surface area contributed by atoms with Crippen LogP contribution in [-0.4, -0.2) is 33.1 Å². The van der Waals surface area contributed by atoms with Crippen LogP contribution in [0.5, 0.6) is 0 Å². The lowest BCUT2D eigenvalue weighted by molar-refractivity contribution is 0.466. The van der Waals surface area contributed by atoms with Crippen molar-refractivity contribution in [2.24, 2.45) is 0 Å². The second kappa shape index (κ2) is 5.44. The van der Waals surface area contributed by atoms with E-state index in [0.29, 0.717) is 6.54 Å². The summed E-state index contributed by atoms with van der Waals surface area (Å²) in [6.07, 6.45) is 3.08. The Morgan fingerprint density at radius 1 is 1.25 bits per heavy atom. The standard InChI is InChI=1S/C10H23N3O2S/c1-10(2,3)13-16(14,15)12-9-6-4-5-7-11-8-9/h9,11-13H,4-8H2,1-3H3. The lowest BCUT2D eigenvalue weighted by atomic mass is 10.1. The predicted octanol–water partition coefficient (Wildman–Crippen LogP) is 0.351. The van der Waals surface area contributed by atoms with Crippen LogP contribution in [0.2, 0.25) is 0 Å². The maximum Gasteiger partial charge on any atom is 0.277 e. The lowest BCUT2D eigenvalue weighted by Gasteiger charge is -2.23. The largest absolute Gasteiger partial charge is 0.315 e. The van der Waals surface area contributed by atoms with E-state index in [0.717, 1.165) is 25.8 Å². The molecule has 0 aromatic rings. The predicted molar refractivity (Wildman–Crippen MR) is 65.5 cm³/mol. The summed E-state index contributed by atoms with van der Waals surface area (Å²) >= 11 is 0. The van der Waals surface area contributed by atoms with Gasteiger partial charge in [-0.05, 0) is 40.2 Å². The zero-order valence-electron chi connectivity index (χ0n) is 10.3. The van der Waals surface area contributed by atoms with Crippen LogP contribution in [0.15, 0.2) is 0 Å². The van der Waals surface area contributed by atoms with E-state index in [9.17, 15) is 8.42 Å². The van der Waals surface area contributed by atoms with E-state index in [1.807, 2.05) is 20.8 Å². The average Bonchev–Trinajstić information content (AvgIpc) is 2.26. The minimum absolute atomic E-state index is 0.00218. The molecule has 0 spiro atoms. The summed E-state index contributed by atoms with van der Waals surface area (Å²) in [5.74, 6) is 0. The van der Waals surface area contributed by atoms with E-state index >= 15 is 0 Å². The Balaban J connectivity index is 2.51. The van der Waals surface area contributed by atoms with Crippen LogP contribution in [0.3, 0.4) is 0 Å². The summed E-state index contributed by atoms with van der Waals surface area (Å²) < 4.78 is 28.8. The van der Waals surface area contributed by atoms with Crippen LogP contribution in [0.25, 0.3) is 0 Å². The van der Waals surface area contributed by atoms with E-state index in [4.69, 9.17) is 0 Å². The third kappa shape index (κ3) is 5.79. The van der Waals surface area contributed by atoms with Gasteiger partial charge in [-0.3, -0.25) is 0 Å². The molecule has 0 aromatic carbocycles. The van der Waals surface area contributed by atoms with Crippen LogP contribution < -0.4 is 14.8 Å². The minimum atomic E-state index is -3.40. The summed E-state index contributed by atoms with van der Waals surface area (Å²) in [5.41, 5.74) is -0.440. The molecule has 0 aliphatic carbocycles. The smallest absolute Gasteiger partial charge is 0.277 e. The highest BCUT2D eigenvalue weighted by atomic mass is 32.2. The fourth-order valence-corrected chi connectivity index (χ4v) is 3.28. The molecule has 0 amide bonds. The van der Waals surface area contributed by atoms with Gasteiger partial charge in [0.15, 0.2) is 0 Å². The molecule has 0 bridgehead atoms. The van der Waals surface area contributed by atoms with Crippen LogP contribution in [0.4, 0.5) is 0 Å². The molecule has 1 atom stereocenters. The monoisotopic (exact) mass is 249 g/mol. The molecule has 5 nitrogen and oxygen atoms in total. The van der Waals surface area contributed by atoms with Gasteiger partial charge in [0.25, 0.3) is 10.2 Å². The van der Waals surface area contributed by atoms with Crippen molar-refractivity contribution in [3.05, 3.63) is 0 Å². The lowest BCUT2D eigenvalue weighted by Crippen LogP contribution is -2.51. The quantitative estimate of drug-likeness (QED) is 0.676. The molecule has 16 heavy (non-hydrogen) atoms. The molecule has 1 fully saturated rings. The van der Waals surface area contributed by atoms with Crippen LogP contribution in [-0.2, 0) is 10.2 Å². The first-order valence-corrected chi connectivity index (χ1v) is 7.29. The fraction of sp³-hybridized carbons (Fsp3) is 1.00. The Labute approximate surface area is 98.6 Å². The number of hydrogen-bond donors (Lipinski definition) is 3. The number of nitrogens with one attached hydrogen (secondary N) is 3. The minimum Gasteiger partial charge on any atom is -0.315 e. The van der Waals surface area contributed by atoms with Gasteiger partial charge in [0, 0.05) is 18.1 Å². The first-order valence-electron chi connectivity index (χ1n) is 5.80. The van der Waals surface area contributed by atoms with E-state index in [1.54, 1.807) is 0 Å². The Kier molecular flexibility index (Phi) is 4.73. The maximum atomic E-state index is 11.8. The van der Waals surface area contributed by atoms with Gasteiger partial charge in [0.2, 0.25) is 0 Å². The van der Waals surface area contributed by atoms with Gasteiger partial charge in [-0.2, -0.15) is 17.9 Å². The molecule has 6 heteroatoms. The van der Waals surface area contributed by atoms with E-state index < -0.39 is 15.7 Å². The van der Waals surface area contributed by atoms with Crippen LogP contribution in [0.1, 0.15) is 40.0 Å². The molecule has 0 saturated carbocycles. The SMILES string of the molecule is CC(C)(C)NS(=O)(=O)NC1CCCCNC1. The molecule has 0 aromatic heterocycles. The molecular formula is C10H23N3O2S. The third-order valence-corrected chi connectivity index (χ3v) is 3.83. The molecule has 1 unspecified atom stereocenters. The fourth-order valence-electron chi connectivity index (χ4n) is 1.77. The maximum absolute atomic E-state index is 11.8. The Morgan fingerprint density at radius 2 is 1.94 bits per heavy atom. The second-order valence-electron chi connectivity index (χ2n) is 5.37. The summed E-state index contributed by atoms with van der Waals surface area (Å²) in [5, 5.41) is 3.23. The Morgan fingerprint density at radius 3 is 2.56 bits per heavy atom. The van der Waals surface area contributed by atoms with Gasteiger partial charge in [0.1, 0.15) is 0 Å². The normalized spacial score (nSPS) is 24.1. The van der Waals surface area contributed by atoms with Crippen molar-refractivity contribution < 1.29 is 8.42 Å². The van der Waals surface area contributed by atoms with Crippen molar-refractivity contribution in [1.82, 2.24) is 14.8 Å². The summed E-state index contributed by atoms with van der Waals surface area (Å²) in [7, 11) is -3.40. The van der Waals surface area contributed by atoms with Crippen molar-refractivity contribution in [3.63, 3.8) is 0 Å². The molecule has 1 aliphatic heterocycles. The van der Waals surface area contributed by atoms with Crippen molar-refractivity contribution in [2.45, 2.75) is 51.6 Å². The molecule has 0 radical (unpaired) electrons. The van der Waals surface area contributed by atoms with E-state index in [-0.39, 0.29) is 6.04 Å². The highest BCUT2D eigenvalue weighted by Gasteiger charge is 2.23. The van der Waals surface area contributed by atoms with Gasteiger partial charge in [-0.1, -0.05) is 6.42 Å². The van der Waals surface area contributed by atoms with E-state index in [2.05, 4.69) is 14.8 Å². The average molecular weight is 249 g/mol. The Bertz CT molecular complexity index is 301. The van der Waals surface area contributed by atoms with Crippen molar-refractivity contribution in [2.75, 3.05) is 13.1 Å². The van der Waals surface area contributed by atoms with Gasteiger partial charge < -0.3 is 5.32 Å². The molecule has 1 aliphatic rings. The molecule has 1 heterocycles. The highest BCUT2D eigenvalue weighted by Crippen LogP contribution is 2.06. The highest BCUT2D eigenvalue weighted by molar-refractivity contribution is 7.87. The van der Waals surface area contributed by atoms with Crippen molar-refractivity contribution in [3.8, 4) is 0 Å². The van der Waals surface area contributed by atoms with Crippen LogP contribution in [0, 0.1) is 0 Å². The molecule has 3 N–H and O–H groups in total. The van der Waals surface area contributed by atoms with E-state index in [1.165, 1.54) is 0 Å². The van der Waals surface area contributed by atoms with Gasteiger partial charge in [-0.15, -0.1) is 0 Å². The van der Waals surface area contributed by atoms with Crippen molar-refractivity contribution in [1.29, 1.82) is 0 Å². The number of rotatable bonds is 3. The summed E-state index contributed by atoms with van der Waals surface area (Å²) in [4.78, 5) is 0. The number of hydrogen-bond acceptors (Lipinski definition) is 3. The Hall–Kier alpha value is -0.170. The molecule has 1 rings (SSSR count). The molecular weight excluding hydrogens is 226 g/mol. The third-order valence-electron chi connectivity index (χ3n) is 2.31. The van der Waals surface area contributed by atoms with Gasteiger partial charge in [-0.25, -0.2) is 0 Å². The summed E-state index contributed by atoms with van der Waals surface area (Å²) in [6, 6.07) is 0.00218. The summed E-state index contributed by atoms with van der Waals surface area (Å²) in [6.45, 7) is 7.18. The first kappa shape index (κ1) is 13.9. The zero-order chi connectivity index (χ0) is 12.2. The first-order chi connectivity index (χ1) is 7.29. The van der Waals surface area contributed by atoms with Gasteiger partial charge in [0.05, 0.1) is 0 Å². The van der Waals surface area contributed by atoms with Gasteiger partial charge >= 0.3 is 0 Å². The zero-order valence-corrected chi connectivity index (χ0v) is 11.2. The second-order valence-corrected chi connectivity index (χ2v) is 6.82. The van der Waals surface area contributed by atoms with Crippen LogP contribution >= 0.6 is 0 Å². The topological polar surface area (TPSA) is 70.2 Å². The molecule has 96 valence electrons. The van der Waals surface area contributed by atoms with Crippen molar-refractivity contribution >= 4 is 10.2 Å².